The number of carbonyl (C=O) groups is 2. The van der Waals surface area contributed by atoms with Gasteiger partial charge in [0.15, 0.2) is 10.9 Å². The summed E-state index contributed by atoms with van der Waals surface area (Å²) in [6.07, 6.45) is 4.76. The van der Waals surface area contributed by atoms with Crippen LogP contribution in [-0.4, -0.2) is 39.0 Å². The monoisotopic (exact) mass is 347 g/mol. The lowest BCUT2D eigenvalue weighted by atomic mass is 10.4. The van der Waals surface area contributed by atoms with E-state index in [1.165, 1.54) is 17.8 Å². The molecule has 0 bridgehead atoms. The number of nitrogens with zero attached hydrogens (tertiary/aromatic N) is 3. The van der Waals surface area contributed by atoms with Crippen LogP contribution in [0.15, 0.2) is 53.3 Å². The summed E-state index contributed by atoms with van der Waals surface area (Å²) in [6.45, 7) is 7.93. The Morgan fingerprint density at radius 3 is 2.83 bits per heavy atom. The summed E-state index contributed by atoms with van der Waals surface area (Å²) in [5.41, 5.74) is 0. The van der Waals surface area contributed by atoms with Gasteiger partial charge in [0, 0.05) is 13.1 Å². The Labute approximate surface area is 143 Å². The van der Waals surface area contributed by atoms with Gasteiger partial charge in [-0.25, -0.2) is 4.79 Å². The van der Waals surface area contributed by atoms with Crippen molar-refractivity contribution in [3.05, 3.63) is 43.7 Å². The molecule has 0 saturated heterocycles. The molecular weight excluding hydrogens is 330 g/mol. The molecule has 0 spiro atoms. The van der Waals surface area contributed by atoms with E-state index in [4.69, 9.17) is 4.42 Å². The van der Waals surface area contributed by atoms with E-state index in [0.717, 1.165) is 0 Å². The first-order valence-corrected chi connectivity index (χ1v) is 8.03. The Morgan fingerprint density at radius 2 is 2.17 bits per heavy atom. The van der Waals surface area contributed by atoms with Crippen LogP contribution >= 0.6 is 11.8 Å². The number of furan rings is 1. The highest BCUT2D eigenvalue weighted by Crippen LogP contribution is 2.24. The van der Waals surface area contributed by atoms with Crippen LogP contribution in [0, 0.1) is 0 Å². The largest absolute Gasteiger partial charge is 0.461 e. The van der Waals surface area contributed by atoms with Crippen LogP contribution < -0.4 is 10.6 Å². The van der Waals surface area contributed by atoms with Gasteiger partial charge >= 0.3 is 6.03 Å². The third kappa shape index (κ3) is 4.59. The highest BCUT2D eigenvalue weighted by atomic mass is 32.2. The van der Waals surface area contributed by atoms with Gasteiger partial charge in [0.25, 0.3) is 0 Å². The highest BCUT2D eigenvalue weighted by Gasteiger charge is 2.17. The summed E-state index contributed by atoms with van der Waals surface area (Å²) >= 11 is 1.17. The average Bonchev–Trinajstić information content (AvgIpc) is 3.21. The Bertz CT molecular complexity index is 724. The molecule has 0 fully saturated rings. The number of nitrogens with one attached hydrogen (secondary N) is 2. The second-order valence-corrected chi connectivity index (χ2v) is 5.46. The average molecular weight is 347 g/mol. The number of hydrogen-bond donors (Lipinski definition) is 2. The van der Waals surface area contributed by atoms with Crippen LogP contribution in [0.2, 0.25) is 0 Å². The number of amides is 3. The molecule has 3 amide bonds. The zero-order valence-corrected chi connectivity index (χ0v) is 13.7. The quantitative estimate of drug-likeness (QED) is 0.558. The highest BCUT2D eigenvalue weighted by molar-refractivity contribution is 7.99. The SMILES string of the molecule is C=CCNC(=O)NC(=O)CSc1nnc(-c2ccco2)n1CC=C. The molecule has 0 unspecified atom stereocenters. The minimum atomic E-state index is -0.565. The summed E-state index contributed by atoms with van der Waals surface area (Å²) < 4.78 is 7.11. The molecule has 24 heavy (non-hydrogen) atoms. The van der Waals surface area contributed by atoms with Gasteiger partial charge in [0.1, 0.15) is 0 Å². The van der Waals surface area contributed by atoms with Crippen molar-refractivity contribution in [2.45, 2.75) is 11.7 Å². The van der Waals surface area contributed by atoms with E-state index < -0.39 is 11.9 Å². The van der Waals surface area contributed by atoms with Gasteiger partial charge in [-0.05, 0) is 12.1 Å². The number of rotatable bonds is 8. The van der Waals surface area contributed by atoms with E-state index >= 15 is 0 Å². The summed E-state index contributed by atoms with van der Waals surface area (Å²) in [4.78, 5) is 23.2. The zero-order chi connectivity index (χ0) is 17.4. The topological polar surface area (TPSA) is 102 Å². The maximum absolute atomic E-state index is 11.8. The second-order valence-electron chi connectivity index (χ2n) is 4.52. The molecule has 0 aromatic carbocycles. The fraction of sp³-hybridized carbons (Fsp3) is 0.200. The minimum Gasteiger partial charge on any atom is -0.461 e. The van der Waals surface area contributed by atoms with Crippen molar-refractivity contribution in [3.8, 4) is 11.6 Å². The molecule has 0 aliphatic heterocycles. The number of aromatic nitrogens is 3. The van der Waals surface area contributed by atoms with Crippen LogP contribution in [0.5, 0.6) is 0 Å². The molecule has 0 atom stereocenters. The first-order valence-electron chi connectivity index (χ1n) is 7.05. The third-order valence-corrected chi connectivity index (χ3v) is 3.73. The van der Waals surface area contributed by atoms with Crippen LogP contribution in [0.1, 0.15) is 0 Å². The maximum atomic E-state index is 11.8. The fourth-order valence-corrected chi connectivity index (χ4v) is 2.53. The minimum absolute atomic E-state index is 0.0228. The van der Waals surface area contributed by atoms with Gasteiger partial charge in [-0.15, -0.1) is 23.4 Å². The van der Waals surface area contributed by atoms with E-state index in [-0.39, 0.29) is 12.3 Å². The van der Waals surface area contributed by atoms with Crippen molar-refractivity contribution in [2.75, 3.05) is 12.3 Å². The molecule has 9 heteroatoms. The number of urea groups is 1. The second kappa shape index (κ2) is 8.73. The molecule has 2 aromatic heterocycles. The molecule has 2 aromatic rings. The number of allylic oxidation sites excluding steroid dienone is 1. The van der Waals surface area contributed by atoms with Gasteiger partial charge in [-0.3, -0.25) is 14.7 Å². The van der Waals surface area contributed by atoms with Crippen LogP contribution in [0.25, 0.3) is 11.6 Å². The van der Waals surface area contributed by atoms with Gasteiger partial charge in [-0.1, -0.05) is 23.9 Å². The number of thioether (sulfide) groups is 1. The number of carbonyl (C=O) groups excluding carboxylic acids is 2. The first-order chi connectivity index (χ1) is 11.7. The summed E-state index contributed by atoms with van der Waals surface area (Å²) in [5, 5.41) is 13.4. The van der Waals surface area contributed by atoms with E-state index in [0.29, 0.717) is 23.3 Å². The molecule has 0 aliphatic rings. The van der Waals surface area contributed by atoms with Crippen molar-refractivity contribution in [1.82, 2.24) is 25.4 Å². The molecule has 0 aliphatic carbocycles. The maximum Gasteiger partial charge on any atom is 0.321 e. The van der Waals surface area contributed by atoms with Crippen LogP contribution in [0.4, 0.5) is 4.79 Å². The van der Waals surface area contributed by atoms with Crippen molar-refractivity contribution in [1.29, 1.82) is 0 Å². The molecule has 126 valence electrons. The van der Waals surface area contributed by atoms with Crippen LogP contribution in [-0.2, 0) is 11.3 Å². The normalized spacial score (nSPS) is 10.2. The first kappa shape index (κ1) is 17.5. The lowest BCUT2D eigenvalue weighted by Gasteiger charge is -2.07. The molecule has 0 saturated carbocycles. The lowest BCUT2D eigenvalue weighted by molar-refractivity contribution is -0.117. The van der Waals surface area contributed by atoms with E-state index in [1.54, 1.807) is 29.0 Å². The standard InChI is InChI=1S/C15H17N5O3S/c1-3-7-16-14(22)17-12(21)10-24-15-19-18-13(20(15)8-4-2)11-6-5-9-23-11/h3-6,9H,1-2,7-8,10H2,(H2,16,17,21,22). The number of hydrogen-bond acceptors (Lipinski definition) is 6. The Morgan fingerprint density at radius 1 is 1.33 bits per heavy atom. The fourth-order valence-electron chi connectivity index (χ4n) is 1.78. The molecule has 2 rings (SSSR count). The van der Waals surface area contributed by atoms with E-state index in [2.05, 4.69) is 34.0 Å². The van der Waals surface area contributed by atoms with Gasteiger partial charge in [0.2, 0.25) is 11.7 Å². The zero-order valence-electron chi connectivity index (χ0n) is 12.9. The van der Waals surface area contributed by atoms with Crippen molar-refractivity contribution < 1.29 is 14.0 Å². The van der Waals surface area contributed by atoms with Gasteiger partial charge in [0.05, 0.1) is 12.0 Å². The van der Waals surface area contributed by atoms with Crippen molar-refractivity contribution in [2.24, 2.45) is 0 Å². The molecule has 2 heterocycles. The Balaban J connectivity index is 1.99. The smallest absolute Gasteiger partial charge is 0.321 e. The Kier molecular flexibility index (Phi) is 6.38. The van der Waals surface area contributed by atoms with E-state index in [1.807, 2.05) is 0 Å². The molecule has 8 nitrogen and oxygen atoms in total. The van der Waals surface area contributed by atoms with Gasteiger partial charge in [-0.2, -0.15) is 0 Å². The number of imide groups is 1. The van der Waals surface area contributed by atoms with Crippen LogP contribution in [0.3, 0.4) is 0 Å². The molecule has 2 N–H and O–H groups in total. The van der Waals surface area contributed by atoms with Crippen molar-refractivity contribution >= 4 is 23.7 Å². The lowest BCUT2D eigenvalue weighted by Crippen LogP contribution is -2.40. The Hall–Kier alpha value is -2.81. The van der Waals surface area contributed by atoms with E-state index in [9.17, 15) is 9.59 Å². The summed E-state index contributed by atoms with van der Waals surface area (Å²) in [6, 6.07) is 2.96. The third-order valence-electron chi connectivity index (χ3n) is 2.76. The van der Waals surface area contributed by atoms with Gasteiger partial charge < -0.3 is 9.73 Å². The summed E-state index contributed by atoms with van der Waals surface area (Å²) in [7, 11) is 0. The predicted octanol–water partition coefficient (Wildman–Crippen LogP) is 1.83. The predicted molar refractivity (Wildman–Crippen MR) is 90.4 cm³/mol. The summed E-state index contributed by atoms with van der Waals surface area (Å²) in [5.74, 6) is 0.708. The van der Waals surface area contributed by atoms with Crippen molar-refractivity contribution in [3.63, 3.8) is 0 Å². The molecular formula is C15H17N5O3S. The molecule has 0 radical (unpaired) electrons.